The largest absolute Gasteiger partial charge is 0.357 e. The van der Waals surface area contributed by atoms with Crippen molar-refractivity contribution in [3.8, 4) is 0 Å². The molecule has 3 aromatic rings. The summed E-state index contributed by atoms with van der Waals surface area (Å²) in [7, 11) is 0. The van der Waals surface area contributed by atoms with Gasteiger partial charge in [0.1, 0.15) is 5.82 Å². The maximum atomic E-state index is 12.2. The third-order valence-electron chi connectivity index (χ3n) is 5.24. The number of piperidine rings is 1. The van der Waals surface area contributed by atoms with E-state index < -0.39 is 0 Å². The summed E-state index contributed by atoms with van der Waals surface area (Å²) in [6, 6.07) is 18.1. The van der Waals surface area contributed by atoms with Crippen LogP contribution in [0.2, 0.25) is 0 Å². The number of hydrogen-bond acceptors (Lipinski definition) is 4. The fraction of sp³-hybridized carbons (Fsp3) is 0.261. The zero-order chi connectivity index (χ0) is 19.2. The summed E-state index contributed by atoms with van der Waals surface area (Å²) < 4.78 is 0. The van der Waals surface area contributed by atoms with Crippen LogP contribution in [0.1, 0.15) is 28.8 Å². The molecule has 4 rings (SSSR count). The van der Waals surface area contributed by atoms with Gasteiger partial charge in [-0.15, -0.1) is 0 Å². The Hall–Kier alpha value is -3.21. The Bertz CT molecular complexity index is 889. The van der Waals surface area contributed by atoms with E-state index in [0.29, 0.717) is 11.3 Å². The molecule has 0 saturated carbocycles. The maximum absolute atomic E-state index is 12.2. The van der Waals surface area contributed by atoms with Gasteiger partial charge in [0.15, 0.2) is 0 Å². The fourth-order valence-corrected chi connectivity index (χ4v) is 3.66. The molecule has 0 unspecified atom stereocenters. The van der Waals surface area contributed by atoms with Gasteiger partial charge in [0.25, 0.3) is 5.91 Å². The van der Waals surface area contributed by atoms with Gasteiger partial charge in [0.2, 0.25) is 0 Å². The highest BCUT2D eigenvalue weighted by Crippen LogP contribution is 2.25. The summed E-state index contributed by atoms with van der Waals surface area (Å²) in [6.07, 6.45) is 8.43. The molecular weight excluding hydrogens is 348 g/mol. The highest BCUT2D eigenvalue weighted by Gasteiger charge is 2.20. The average Bonchev–Trinajstić information content (AvgIpc) is 2.76. The second-order valence-electron chi connectivity index (χ2n) is 7.22. The Morgan fingerprint density at radius 3 is 2.50 bits per heavy atom. The normalized spacial score (nSPS) is 14.6. The fourth-order valence-electron chi connectivity index (χ4n) is 3.66. The lowest BCUT2D eigenvalue weighted by atomic mass is 9.90. The van der Waals surface area contributed by atoms with Gasteiger partial charge in [-0.3, -0.25) is 9.78 Å². The zero-order valence-electron chi connectivity index (χ0n) is 15.8. The molecule has 142 valence electrons. The predicted molar refractivity (Wildman–Crippen MR) is 112 cm³/mol. The van der Waals surface area contributed by atoms with E-state index >= 15 is 0 Å². The van der Waals surface area contributed by atoms with Crippen LogP contribution in [0.5, 0.6) is 0 Å². The van der Waals surface area contributed by atoms with E-state index in [9.17, 15) is 4.79 Å². The molecule has 0 spiro atoms. The van der Waals surface area contributed by atoms with Crippen molar-refractivity contribution >= 4 is 17.4 Å². The number of nitrogens with zero attached hydrogens (tertiary/aromatic N) is 3. The van der Waals surface area contributed by atoms with Crippen LogP contribution in [0, 0.1) is 5.92 Å². The number of carbonyl (C=O) groups is 1. The molecule has 0 atom stereocenters. The van der Waals surface area contributed by atoms with Gasteiger partial charge in [0, 0.05) is 25.5 Å². The van der Waals surface area contributed by atoms with Crippen molar-refractivity contribution in [1.29, 1.82) is 0 Å². The van der Waals surface area contributed by atoms with Gasteiger partial charge in [-0.05, 0) is 55.0 Å². The van der Waals surface area contributed by atoms with Crippen molar-refractivity contribution in [2.24, 2.45) is 5.92 Å². The van der Waals surface area contributed by atoms with E-state index in [2.05, 4.69) is 50.5 Å². The quantitative estimate of drug-likeness (QED) is 0.730. The predicted octanol–water partition coefficient (Wildman–Crippen LogP) is 4.19. The lowest BCUT2D eigenvalue weighted by Gasteiger charge is -2.33. The molecule has 1 fully saturated rings. The van der Waals surface area contributed by atoms with Gasteiger partial charge in [0.05, 0.1) is 17.4 Å². The van der Waals surface area contributed by atoms with Crippen LogP contribution in [0.25, 0.3) is 0 Å². The molecule has 1 N–H and O–H groups in total. The van der Waals surface area contributed by atoms with E-state index in [-0.39, 0.29) is 5.91 Å². The average molecular weight is 372 g/mol. The van der Waals surface area contributed by atoms with Crippen molar-refractivity contribution in [2.45, 2.75) is 19.3 Å². The molecule has 3 heterocycles. The van der Waals surface area contributed by atoms with Crippen molar-refractivity contribution < 1.29 is 4.79 Å². The molecule has 1 amide bonds. The third kappa shape index (κ3) is 4.55. The van der Waals surface area contributed by atoms with E-state index in [4.69, 9.17) is 0 Å². The number of pyridine rings is 2. The molecule has 0 aliphatic carbocycles. The summed E-state index contributed by atoms with van der Waals surface area (Å²) in [5.41, 5.74) is 2.65. The molecule has 1 aliphatic rings. The molecule has 5 nitrogen and oxygen atoms in total. The Kier molecular flexibility index (Phi) is 5.61. The van der Waals surface area contributed by atoms with Gasteiger partial charge < -0.3 is 10.2 Å². The minimum Gasteiger partial charge on any atom is -0.357 e. The first-order chi connectivity index (χ1) is 13.8. The lowest BCUT2D eigenvalue weighted by Crippen LogP contribution is -2.34. The van der Waals surface area contributed by atoms with Gasteiger partial charge in [-0.2, -0.15) is 0 Å². The number of carbonyl (C=O) groups excluding carboxylic acids is 1. The summed E-state index contributed by atoms with van der Waals surface area (Å²) in [5, 5.41) is 2.86. The van der Waals surface area contributed by atoms with Gasteiger partial charge >= 0.3 is 0 Å². The molecule has 1 saturated heterocycles. The summed E-state index contributed by atoms with van der Waals surface area (Å²) in [4.78, 5) is 23.1. The molecule has 28 heavy (non-hydrogen) atoms. The zero-order valence-corrected chi connectivity index (χ0v) is 15.8. The summed E-state index contributed by atoms with van der Waals surface area (Å²) in [5.74, 6) is 1.53. The van der Waals surface area contributed by atoms with Crippen LogP contribution < -0.4 is 10.2 Å². The second-order valence-corrected chi connectivity index (χ2v) is 7.22. The van der Waals surface area contributed by atoms with Crippen LogP contribution in [-0.4, -0.2) is 29.0 Å². The Morgan fingerprint density at radius 2 is 1.82 bits per heavy atom. The van der Waals surface area contributed by atoms with Crippen LogP contribution in [0.3, 0.4) is 0 Å². The summed E-state index contributed by atoms with van der Waals surface area (Å²) >= 11 is 0. The smallest absolute Gasteiger partial charge is 0.257 e. The molecule has 1 aromatic carbocycles. The number of aromatic nitrogens is 2. The number of amides is 1. The summed E-state index contributed by atoms with van der Waals surface area (Å²) in [6.45, 7) is 2.04. The number of benzene rings is 1. The first-order valence-electron chi connectivity index (χ1n) is 9.74. The van der Waals surface area contributed by atoms with Crippen LogP contribution in [0.4, 0.5) is 11.5 Å². The van der Waals surface area contributed by atoms with Crippen LogP contribution >= 0.6 is 0 Å². The molecule has 5 heteroatoms. The standard InChI is InChI=1S/C23H24N4O/c28-23(20-7-4-12-24-16-20)26-21-8-9-22(25-17-21)27-13-10-19(11-14-27)15-18-5-2-1-3-6-18/h1-9,12,16-17,19H,10-11,13-15H2,(H,26,28). The Labute approximate surface area is 165 Å². The lowest BCUT2D eigenvalue weighted by molar-refractivity contribution is 0.102. The van der Waals surface area contributed by atoms with Gasteiger partial charge in [-0.25, -0.2) is 4.98 Å². The molecule has 1 aliphatic heterocycles. The van der Waals surface area contributed by atoms with Crippen LogP contribution in [0.15, 0.2) is 73.2 Å². The highest BCUT2D eigenvalue weighted by molar-refractivity contribution is 6.03. The van der Waals surface area contributed by atoms with Crippen molar-refractivity contribution in [3.63, 3.8) is 0 Å². The molecule has 0 radical (unpaired) electrons. The Balaban J connectivity index is 1.30. The number of hydrogen-bond donors (Lipinski definition) is 1. The number of rotatable bonds is 5. The van der Waals surface area contributed by atoms with E-state index in [1.807, 2.05) is 12.1 Å². The van der Waals surface area contributed by atoms with Crippen molar-refractivity contribution in [1.82, 2.24) is 9.97 Å². The molecule has 0 bridgehead atoms. The van der Waals surface area contributed by atoms with E-state index in [1.165, 1.54) is 18.4 Å². The highest BCUT2D eigenvalue weighted by atomic mass is 16.1. The topological polar surface area (TPSA) is 58.1 Å². The Morgan fingerprint density at radius 1 is 1.00 bits per heavy atom. The first-order valence-corrected chi connectivity index (χ1v) is 9.74. The SMILES string of the molecule is O=C(Nc1ccc(N2CCC(Cc3ccccc3)CC2)nc1)c1cccnc1. The third-order valence-corrected chi connectivity index (χ3v) is 5.24. The van der Waals surface area contributed by atoms with Crippen molar-refractivity contribution in [2.75, 3.05) is 23.3 Å². The number of nitrogens with one attached hydrogen (secondary N) is 1. The molecule has 2 aromatic heterocycles. The van der Waals surface area contributed by atoms with Gasteiger partial charge in [-0.1, -0.05) is 30.3 Å². The second kappa shape index (κ2) is 8.65. The van der Waals surface area contributed by atoms with E-state index in [0.717, 1.165) is 31.2 Å². The monoisotopic (exact) mass is 372 g/mol. The van der Waals surface area contributed by atoms with Crippen molar-refractivity contribution in [3.05, 3.63) is 84.3 Å². The first kappa shape index (κ1) is 18.2. The minimum absolute atomic E-state index is 0.177. The van der Waals surface area contributed by atoms with Crippen LogP contribution in [-0.2, 0) is 6.42 Å². The van der Waals surface area contributed by atoms with E-state index in [1.54, 1.807) is 30.7 Å². The number of anilines is 2. The minimum atomic E-state index is -0.177. The molecular formula is C23H24N4O. The maximum Gasteiger partial charge on any atom is 0.257 e.